The van der Waals surface area contributed by atoms with Crippen LogP contribution in [0.3, 0.4) is 0 Å². The van der Waals surface area contributed by atoms with Gasteiger partial charge < -0.3 is 9.80 Å². The maximum absolute atomic E-state index is 12.4. The van der Waals surface area contributed by atoms with Crippen molar-refractivity contribution in [3.63, 3.8) is 0 Å². The fraction of sp³-hybridized carbons (Fsp3) is 0.533. The molecule has 0 aliphatic carbocycles. The number of rotatable bonds is 4. The van der Waals surface area contributed by atoms with Crippen LogP contribution in [-0.4, -0.2) is 57.2 Å². The summed E-state index contributed by atoms with van der Waals surface area (Å²) in [5, 5.41) is 13.9. The highest BCUT2D eigenvalue weighted by molar-refractivity contribution is 5.91. The van der Waals surface area contributed by atoms with Crippen molar-refractivity contribution in [1.82, 2.24) is 24.6 Å². The van der Waals surface area contributed by atoms with E-state index >= 15 is 0 Å². The number of hydrogen-bond donors (Lipinski definition) is 0. The Morgan fingerprint density at radius 3 is 3.04 bits per heavy atom. The minimum atomic E-state index is -0.189. The van der Waals surface area contributed by atoms with Gasteiger partial charge in [-0.1, -0.05) is 0 Å². The van der Waals surface area contributed by atoms with Gasteiger partial charge in [-0.2, -0.15) is 10.4 Å². The molecule has 3 heterocycles. The molecule has 0 saturated carbocycles. The zero-order valence-electron chi connectivity index (χ0n) is 13.3. The van der Waals surface area contributed by atoms with E-state index in [1.807, 2.05) is 4.90 Å². The molecule has 1 aliphatic heterocycles. The summed E-state index contributed by atoms with van der Waals surface area (Å²) in [6.07, 6.45) is 5.38. The van der Waals surface area contributed by atoms with Crippen LogP contribution < -0.4 is 4.90 Å². The van der Waals surface area contributed by atoms with Crippen LogP contribution in [0.2, 0.25) is 0 Å². The van der Waals surface area contributed by atoms with Gasteiger partial charge in [-0.25, -0.2) is 14.6 Å². The molecule has 2 aromatic heterocycles. The lowest BCUT2D eigenvalue weighted by Crippen LogP contribution is -2.43. The lowest BCUT2D eigenvalue weighted by Gasteiger charge is -2.27. The Bertz CT molecular complexity index is 761. The van der Waals surface area contributed by atoms with Crippen molar-refractivity contribution in [3.05, 3.63) is 12.5 Å². The normalized spacial score (nSPS) is 17.4. The van der Waals surface area contributed by atoms with Gasteiger partial charge in [0, 0.05) is 20.6 Å². The third-order valence-corrected chi connectivity index (χ3v) is 4.10. The molecule has 0 bridgehead atoms. The third-order valence-electron chi connectivity index (χ3n) is 4.10. The first kappa shape index (κ1) is 15.2. The molecule has 0 spiro atoms. The molecule has 0 N–H and O–H groups in total. The zero-order chi connectivity index (χ0) is 16.4. The summed E-state index contributed by atoms with van der Waals surface area (Å²) < 4.78 is 1.71. The molecular formula is C15H19N7O. The topological polar surface area (TPSA) is 90.9 Å². The average Bonchev–Trinajstić information content (AvgIpc) is 3.18. The highest BCUT2D eigenvalue weighted by Crippen LogP contribution is 2.30. The summed E-state index contributed by atoms with van der Waals surface area (Å²) in [5.74, 6) is 0.835. The van der Waals surface area contributed by atoms with Crippen LogP contribution in [0.1, 0.15) is 19.3 Å². The van der Waals surface area contributed by atoms with E-state index in [0.717, 1.165) is 30.6 Å². The fourth-order valence-electron chi connectivity index (χ4n) is 3.00. The molecule has 1 aliphatic rings. The van der Waals surface area contributed by atoms with Gasteiger partial charge in [-0.15, -0.1) is 0 Å². The van der Waals surface area contributed by atoms with Crippen LogP contribution >= 0.6 is 0 Å². The van der Waals surface area contributed by atoms with Crippen molar-refractivity contribution < 1.29 is 4.79 Å². The van der Waals surface area contributed by atoms with E-state index in [1.54, 1.807) is 29.9 Å². The highest BCUT2D eigenvalue weighted by atomic mass is 16.2. The van der Waals surface area contributed by atoms with E-state index in [9.17, 15) is 4.79 Å². The molecule has 23 heavy (non-hydrogen) atoms. The van der Waals surface area contributed by atoms with Crippen LogP contribution in [0.15, 0.2) is 12.5 Å². The number of carbonyl (C=O) groups excluding carboxylic acids is 1. The fourth-order valence-corrected chi connectivity index (χ4v) is 3.00. The predicted octanol–water partition coefficient (Wildman–Crippen LogP) is 0.797. The largest absolute Gasteiger partial charge is 0.347 e. The molecule has 8 heteroatoms. The highest BCUT2D eigenvalue weighted by Gasteiger charge is 2.33. The Morgan fingerprint density at radius 2 is 2.30 bits per heavy atom. The first-order valence-electron chi connectivity index (χ1n) is 7.64. The number of fused-ring (bicyclic) bond motifs is 1. The summed E-state index contributed by atoms with van der Waals surface area (Å²) >= 11 is 0. The van der Waals surface area contributed by atoms with Gasteiger partial charge in [0.2, 0.25) is 5.91 Å². The average molecular weight is 313 g/mol. The van der Waals surface area contributed by atoms with Crippen molar-refractivity contribution in [2.45, 2.75) is 31.8 Å². The number of amides is 1. The first-order valence-corrected chi connectivity index (χ1v) is 7.64. The molecule has 2 aromatic rings. The van der Waals surface area contributed by atoms with Crippen molar-refractivity contribution >= 4 is 22.8 Å². The molecule has 1 amide bonds. The van der Waals surface area contributed by atoms with Gasteiger partial charge in [0.05, 0.1) is 30.6 Å². The number of likely N-dealkylation sites (N-methyl/N-ethyl adjacent to an activating group) is 1. The van der Waals surface area contributed by atoms with Crippen molar-refractivity contribution in [2.24, 2.45) is 0 Å². The number of aryl methyl sites for hydroxylation is 1. The SMILES string of the molecule is CN(C)C(=O)[C@@H]1CCCN1c1ncnc2c1cnn2CCC#N. The van der Waals surface area contributed by atoms with Crippen LogP contribution in [-0.2, 0) is 11.3 Å². The van der Waals surface area contributed by atoms with Crippen LogP contribution in [0.25, 0.3) is 11.0 Å². The second-order valence-corrected chi connectivity index (χ2v) is 5.79. The quantitative estimate of drug-likeness (QED) is 0.829. The van der Waals surface area contributed by atoms with E-state index in [-0.39, 0.29) is 11.9 Å². The third kappa shape index (κ3) is 2.70. The van der Waals surface area contributed by atoms with Crippen molar-refractivity contribution in [1.29, 1.82) is 5.26 Å². The molecule has 3 rings (SSSR count). The number of anilines is 1. The molecule has 120 valence electrons. The molecule has 0 unspecified atom stereocenters. The minimum absolute atomic E-state index is 0.0890. The Morgan fingerprint density at radius 1 is 1.48 bits per heavy atom. The Kier molecular flexibility index (Phi) is 4.10. The minimum Gasteiger partial charge on any atom is -0.347 e. The van der Waals surface area contributed by atoms with Gasteiger partial charge in [0.15, 0.2) is 5.65 Å². The molecule has 0 radical (unpaired) electrons. The van der Waals surface area contributed by atoms with E-state index in [1.165, 1.54) is 6.33 Å². The summed E-state index contributed by atoms with van der Waals surface area (Å²) in [6, 6.07) is 1.92. The monoisotopic (exact) mass is 313 g/mol. The van der Waals surface area contributed by atoms with Gasteiger partial charge in [-0.05, 0) is 12.8 Å². The van der Waals surface area contributed by atoms with Crippen LogP contribution in [0.4, 0.5) is 5.82 Å². The summed E-state index contributed by atoms with van der Waals surface area (Å²) in [4.78, 5) is 24.8. The van der Waals surface area contributed by atoms with Gasteiger partial charge in [0.25, 0.3) is 0 Å². The van der Waals surface area contributed by atoms with Crippen molar-refractivity contribution in [2.75, 3.05) is 25.5 Å². The second kappa shape index (κ2) is 6.20. The lowest BCUT2D eigenvalue weighted by atomic mass is 10.2. The smallest absolute Gasteiger partial charge is 0.244 e. The molecule has 1 fully saturated rings. The van der Waals surface area contributed by atoms with Crippen molar-refractivity contribution in [3.8, 4) is 6.07 Å². The number of aromatic nitrogens is 4. The Labute approximate surface area is 134 Å². The lowest BCUT2D eigenvalue weighted by molar-refractivity contribution is -0.129. The molecule has 0 aromatic carbocycles. The zero-order valence-corrected chi connectivity index (χ0v) is 13.3. The molecular weight excluding hydrogens is 294 g/mol. The van der Waals surface area contributed by atoms with Crippen LogP contribution in [0.5, 0.6) is 0 Å². The number of carbonyl (C=O) groups is 1. The second-order valence-electron chi connectivity index (χ2n) is 5.79. The van der Waals surface area contributed by atoms with E-state index in [2.05, 4.69) is 21.1 Å². The van der Waals surface area contributed by atoms with Gasteiger partial charge >= 0.3 is 0 Å². The Hall–Kier alpha value is -2.69. The van der Waals surface area contributed by atoms with Gasteiger partial charge in [-0.3, -0.25) is 4.79 Å². The summed E-state index contributed by atoms with van der Waals surface area (Å²) in [7, 11) is 3.54. The summed E-state index contributed by atoms with van der Waals surface area (Å²) in [5.41, 5.74) is 0.702. The Balaban J connectivity index is 1.98. The standard InChI is InChI=1S/C15H19N7O/c1-20(2)15(23)12-5-3-7-21(12)13-11-9-19-22(8-4-6-16)14(11)18-10-17-13/h9-10,12H,3-5,7-8H2,1-2H3/t12-/m0/s1. The molecule has 1 saturated heterocycles. The van der Waals surface area contributed by atoms with Gasteiger partial charge in [0.1, 0.15) is 18.2 Å². The summed E-state index contributed by atoms with van der Waals surface area (Å²) in [6.45, 7) is 1.29. The number of hydrogen-bond acceptors (Lipinski definition) is 6. The number of nitriles is 1. The maximum Gasteiger partial charge on any atom is 0.244 e. The molecule has 1 atom stereocenters. The predicted molar refractivity (Wildman–Crippen MR) is 84.6 cm³/mol. The van der Waals surface area contributed by atoms with E-state index in [4.69, 9.17) is 5.26 Å². The van der Waals surface area contributed by atoms with Crippen LogP contribution in [0, 0.1) is 11.3 Å². The maximum atomic E-state index is 12.4. The van der Waals surface area contributed by atoms with E-state index in [0.29, 0.717) is 18.6 Å². The van der Waals surface area contributed by atoms with E-state index < -0.39 is 0 Å². The first-order chi connectivity index (χ1) is 11.1. The molecule has 8 nitrogen and oxygen atoms in total. The number of nitrogens with zero attached hydrogens (tertiary/aromatic N) is 7.